The smallest absolute Gasteiger partial charge is 0.328 e. The van der Waals surface area contributed by atoms with Crippen LogP contribution < -0.4 is 10.6 Å². The van der Waals surface area contributed by atoms with Crippen LogP contribution in [0.3, 0.4) is 0 Å². The molecule has 1 aromatic carbocycles. The molecule has 0 spiro atoms. The normalized spacial score (nSPS) is 13.5. The minimum Gasteiger partial charge on any atom is -0.467 e. The van der Waals surface area contributed by atoms with E-state index in [1.54, 1.807) is 0 Å². The molecule has 0 saturated carbocycles. The average Bonchev–Trinajstić information content (AvgIpc) is 2.51. The number of likely N-dealkylation sites (N-methyl/N-ethyl adjacent to an activating group) is 1. The van der Waals surface area contributed by atoms with Crippen LogP contribution >= 0.6 is 0 Å². The molecule has 1 rings (SSSR count). The average molecular weight is 307 g/mol. The lowest BCUT2D eigenvalue weighted by Gasteiger charge is -2.20. The first-order valence-corrected chi connectivity index (χ1v) is 7.69. The number of nitrogens with one attached hydrogen (secondary N) is 1. The standard InChI is InChI=1S/C17H26N2O3/c1-12(2)10-14(18-3)16(20)19-15(17(21)22-4)11-13-8-6-5-7-9-13/h5-9,12,14-15,18H,10-11H2,1-4H3,(H,19,20)/p+1/t14-,15-/m1/s1. The Morgan fingerprint density at radius 2 is 1.86 bits per heavy atom. The van der Waals surface area contributed by atoms with E-state index in [0.29, 0.717) is 12.3 Å². The van der Waals surface area contributed by atoms with Gasteiger partial charge in [-0.05, 0) is 11.5 Å². The molecule has 5 nitrogen and oxygen atoms in total. The van der Waals surface area contributed by atoms with Gasteiger partial charge in [-0.1, -0.05) is 44.2 Å². The minimum absolute atomic E-state index is 0.123. The quantitative estimate of drug-likeness (QED) is 0.687. The van der Waals surface area contributed by atoms with Crippen molar-refractivity contribution in [2.45, 2.75) is 38.8 Å². The lowest BCUT2D eigenvalue weighted by molar-refractivity contribution is -0.651. The molecular formula is C17H27N2O3+. The zero-order valence-corrected chi connectivity index (χ0v) is 13.8. The van der Waals surface area contributed by atoms with Gasteiger partial charge in [-0.2, -0.15) is 0 Å². The van der Waals surface area contributed by atoms with E-state index in [1.165, 1.54) is 7.11 Å². The van der Waals surface area contributed by atoms with Crippen LogP contribution in [-0.2, 0) is 20.7 Å². The molecule has 0 aromatic heterocycles. The van der Waals surface area contributed by atoms with E-state index in [0.717, 1.165) is 12.0 Å². The molecule has 122 valence electrons. The van der Waals surface area contributed by atoms with Gasteiger partial charge in [-0.3, -0.25) is 4.79 Å². The van der Waals surface area contributed by atoms with Gasteiger partial charge in [-0.15, -0.1) is 0 Å². The van der Waals surface area contributed by atoms with E-state index in [-0.39, 0.29) is 11.9 Å². The van der Waals surface area contributed by atoms with Gasteiger partial charge in [0.2, 0.25) is 0 Å². The van der Waals surface area contributed by atoms with Crippen molar-refractivity contribution in [3.05, 3.63) is 35.9 Å². The Bertz CT molecular complexity index is 474. The van der Waals surface area contributed by atoms with Crippen LogP contribution in [0.4, 0.5) is 0 Å². The SMILES string of the molecule is C[NH2+][C@H](CC(C)C)C(=O)N[C@H](Cc1ccccc1)C(=O)OC. The predicted molar refractivity (Wildman–Crippen MR) is 85.2 cm³/mol. The number of rotatable bonds is 8. The van der Waals surface area contributed by atoms with Gasteiger partial charge >= 0.3 is 5.97 Å². The molecule has 0 heterocycles. The Labute approximate surface area is 132 Å². The van der Waals surface area contributed by atoms with Gasteiger partial charge in [0.15, 0.2) is 6.04 Å². The third kappa shape index (κ3) is 5.85. The highest BCUT2D eigenvalue weighted by Crippen LogP contribution is 2.06. The van der Waals surface area contributed by atoms with Gasteiger partial charge in [0.05, 0.1) is 14.2 Å². The van der Waals surface area contributed by atoms with Crippen molar-refractivity contribution in [3.63, 3.8) is 0 Å². The van der Waals surface area contributed by atoms with Crippen LogP contribution in [0, 0.1) is 5.92 Å². The zero-order valence-electron chi connectivity index (χ0n) is 13.8. The largest absolute Gasteiger partial charge is 0.467 e. The molecule has 22 heavy (non-hydrogen) atoms. The molecule has 0 aliphatic carbocycles. The lowest BCUT2D eigenvalue weighted by Crippen LogP contribution is -2.89. The van der Waals surface area contributed by atoms with Crippen LogP contribution in [0.1, 0.15) is 25.8 Å². The highest BCUT2D eigenvalue weighted by molar-refractivity contribution is 5.86. The number of methoxy groups -OCH3 is 1. The summed E-state index contributed by atoms with van der Waals surface area (Å²) in [5, 5.41) is 4.71. The highest BCUT2D eigenvalue weighted by Gasteiger charge is 2.28. The van der Waals surface area contributed by atoms with Crippen molar-refractivity contribution in [1.82, 2.24) is 5.32 Å². The summed E-state index contributed by atoms with van der Waals surface area (Å²) in [6, 6.07) is 8.75. The van der Waals surface area contributed by atoms with Crippen molar-refractivity contribution >= 4 is 11.9 Å². The third-order valence-corrected chi connectivity index (χ3v) is 3.55. The first-order valence-electron chi connectivity index (χ1n) is 7.69. The fourth-order valence-corrected chi connectivity index (χ4v) is 2.37. The number of hydrogen-bond acceptors (Lipinski definition) is 3. The second kappa shape index (κ2) is 9.20. The van der Waals surface area contributed by atoms with Crippen LogP contribution in [-0.4, -0.2) is 38.1 Å². The number of amides is 1. The number of carbonyl (C=O) groups is 2. The second-order valence-corrected chi connectivity index (χ2v) is 5.84. The van der Waals surface area contributed by atoms with Gasteiger partial charge in [0.1, 0.15) is 6.04 Å². The predicted octanol–water partition coefficient (Wildman–Crippen LogP) is 0.495. The Balaban J connectivity index is 2.76. The molecule has 0 fully saturated rings. The lowest BCUT2D eigenvalue weighted by atomic mass is 10.0. The van der Waals surface area contributed by atoms with Crippen molar-refractivity contribution in [2.24, 2.45) is 5.92 Å². The zero-order chi connectivity index (χ0) is 16.5. The van der Waals surface area contributed by atoms with E-state index in [4.69, 9.17) is 4.74 Å². The molecule has 3 N–H and O–H groups in total. The van der Waals surface area contributed by atoms with Crippen LogP contribution in [0.5, 0.6) is 0 Å². The van der Waals surface area contributed by atoms with Crippen LogP contribution in [0.15, 0.2) is 30.3 Å². The Morgan fingerprint density at radius 1 is 1.23 bits per heavy atom. The van der Waals surface area contributed by atoms with Gasteiger partial charge in [0, 0.05) is 12.8 Å². The number of hydrogen-bond donors (Lipinski definition) is 2. The topological polar surface area (TPSA) is 72.0 Å². The first kappa shape index (κ1) is 18.2. The van der Waals surface area contributed by atoms with Crippen LogP contribution in [0.2, 0.25) is 0 Å². The summed E-state index contributed by atoms with van der Waals surface area (Å²) in [7, 11) is 3.21. The van der Waals surface area contributed by atoms with Crippen molar-refractivity contribution in [3.8, 4) is 0 Å². The number of ether oxygens (including phenoxy) is 1. The summed E-state index contributed by atoms with van der Waals surface area (Å²) in [5.74, 6) is -0.128. The summed E-state index contributed by atoms with van der Waals surface area (Å²) in [6.07, 6.45) is 1.19. The van der Waals surface area contributed by atoms with Gasteiger partial charge < -0.3 is 15.4 Å². The fraction of sp³-hybridized carbons (Fsp3) is 0.529. The third-order valence-electron chi connectivity index (χ3n) is 3.55. The molecule has 0 radical (unpaired) electrons. The molecule has 2 atom stereocenters. The Hall–Kier alpha value is -1.88. The molecule has 0 saturated heterocycles. The summed E-state index contributed by atoms with van der Waals surface area (Å²) in [6.45, 7) is 4.15. The van der Waals surface area contributed by atoms with E-state index >= 15 is 0 Å². The van der Waals surface area contributed by atoms with Crippen molar-refractivity contribution in [1.29, 1.82) is 0 Å². The monoisotopic (exact) mass is 307 g/mol. The molecule has 1 amide bonds. The summed E-state index contributed by atoms with van der Waals surface area (Å²) >= 11 is 0. The molecule has 0 unspecified atom stereocenters. The maximum absolute atomic E-state index is 12.4. The molecule has 1 aromatic rings. The molecule has 5 heteroatoms. The van der Waals surface area contributed by atoms with E-state index in [1.807, 2.05) is 42.7 Å². The summed E-state index contributed by atoms with van der Waals surface area (Å²) in [4.78, 5) is 24.3. The first-order chi connectivity index (χ1) is 10.5. The number of carbonyl (C=O) groups excluding carboxylic acids is 2. The number of benzene rings is 1. The number of esters is 1. The second-order valence-electron chi connectivity index (χ2n) is 5.84. The number of nitrogens with two attached hydrogens (primary N) is 1. The molecule has 0 aliphatic heterocycles. The Morgan fingerprint density at radius 3 is 2.36 bits per heavy atom. The molecule has 0 bridgehead atoms. The summed E-state index contributed by atoms with van der Waals surface area (Å²) < 4.78 is 4.82. The van der Waals surface area contributed by atoms with E-state index in [2.05, 4.69) is 19.2 Å². The summed E-state index contributed by atoms with van der Waals surface area (Å²) in [5.41, 5.74) is 0.985. The van der Waals surface area contributed by atoms with Crippen molar-refractivity contribution in [2.75, 3.05) is 14.2 Å². The maximum Gasteiger partial charge on any atom is 0.328 e. The number of quaternary nitrogens is 1. The Kier molecular flexibility index (Phi) is 7.60. The molecular weight excluding hydrogens is 280 g/mol. The van der Waals surface area contributed by atoms with Crippen LogP contribution in [0.25, 0.3) is 0 Å². The maximum atomic E-state index is 12.4. The highest BCUT2D eigenvalue weighted by atomic mass is 16.5. The van der Waals surface area contributed by atoms with E-state index < -0.39 is 12.0 Å². The van der Waals surface area contributed by atoms with Gasteiger partial charge in [0.25, 0.3) is 5.91 Å². The van der Waals surface area contributed by atoms with Crippen molar-refractivity contribution < 1.29 is 19.6 Å². The fourth-order valence-electron chi connectivity index (χ4n) is 2.37. The molecule has 0 aliphatic rings. The van der Waals surface area contributed by atoms with E-state index in [9.17, 15) is 9.59 Å². The van der Waals surface area contributed by atoms with Gasteiger partial charge in [-0.25, -0.2) is 4.79 Å². The minimum atomic E-state index is -0.658.